The molecule has 0 saturated heterocycles. The van der Waals surface area contributed by atoms with Crippen LogP contribution < -0.4 is 15.4 Å². The molecule has 0 aliphatic carbocycles. The number of aromatic nitrogens is 3. The molecule has 0 spiro atoms. The van der Waals surface area contributed by atoms with Crippen molar-refractivity contribution in [3.05, 3.63) is 35.3 Å². The average molecular weight is 331 g/mol. The van der Waals surface area contributed by atoms with Gasteiger partial charge in [-0.1, -0.05) is 0 Å². The Morgan fingerprint density at radius 1 is 1.25 bits per heavy atom. The number of nitrogens with zero attached hydrogens (tertiary/aromatic N) is 3. The van der Waals surface area contributed by atoms with E-state index in [1.165, 1.54) is 13.3 Å². The molecule has 24 heavy (non-hydrogen) atoms. The zero-order valence-corrected chi connectivity index (χ0v) is 14.2. The molecule has 2 amide bonds. The van der Waals surface area contributed by atoms with Crippen LogP contribution in [0.25, 0.3) is 0 Å². The molecule has 0 fully saturated rings. The van der Waals surface area contributed by atoms with Crippen molar-refractivity contribution < 1.29 is 14.3 Å². The minimum Gasteiger partial charge on any atom is -0.481 e. The number of hydrogen-bond acceptors (Lipinski definition) is 5. The van der Waals surface area contributed by atoms with Crippen molar-refractivity contribution in [1.29, 1.82) is 0 Å². The lowest BCUT2D eigenvalue weighted by molar-refractivity contribution is -0.136. The predicted molar refractivity (Wildman–Crippen MR) is 88.6 cm³/mol. The molecule has 2 aromatic heterocycles. The lowest BCUT2D eigenvalue weighted by Crippen LogP contribution is -2.35. The van der Waals surface area contributed by atoms with Crippen molar-refractivity contribution in [1.82, 2.24) is 20.1 Å². The predicted octanol–water partition coefficient (Wildman–Crippen LogP) is 1.18. The number of methoxy groups -OCH3 is 1. The summed E-state index contributed by atoms with van der Waals surface area (Å²) in [4.78, 5) is 27.8. The molecular weight excluding hydrogens is 310 g/mol. The Morgan fingerprint density at radius 2 is 2.00 bits per heavy atom. The van der Waals surface area contributed by atoms with Gasteiger partial charge in [-0.2, -0.15) is 5.10 Å². The zero-order valence-electron chi connectivity index (χ0n) is 14.2. The highest BCUT2D eigenvalue weighted by molar-refractivity contribution is 6.39. The molecule has 2 rings (SSSR count). The minimum absolute atomic E-state index is 0.255. The quantitative estimate of drug-likeness (QED) is 0.802. The maximum atomic E-state index is 11.9. The first-order valence-corrected chi connectivity index (χ1v) is 7.58. The van der Waals surface area contributed by atoms with E-state index in [4.69, 9.17) is 4.74 Å². The summed E-state index contributed by atoms with van der Waals surface area (Å²) in [6.45, 7) is 6.83. The summed E-state index contributed by atoms with van der Waals surface area (Å²) in [6.07, 6.45) is 1.42. The van der Waals surface area contributed by atoms with E-state index in [1.807, 2.05) is 25.5 Å². The molecule has 0 unspecified atom stereocenters. The molecule has 8 heteroatoms. The third-order valence-corrected chi connectivity index (χ3v) is 3.67. The summed E-state index contributed by atoms with van der Waals surface area (Å²) in [6, 6.07) is 3.20. The van der Waals surface area contributed by atoms with Gasteiger partial charge in [-0.05, 0) is 26.8 Å². The lowest BCUT2D eigenvalue weighted by atomic mass is 10.2. The highest BCUT2D eigenvalue weighted by Crippen LogP contribution is 2.13. The molecule has 8 nitrogen and oxygen atoms in total. The van der Waals surface area contributed by atoms with Crippen LogP contribution in [0.2, 0.25) is 0 Å². The van der Waals surface area contributed by atoms with Crippen LogP contribution in [-0.2, 0) is 22.7 Å². The van der Waals surface area contributed by atoms with Crippen LogP contribution in [0, 0.1) is 13.8 Å². The van der Waals surface area contributed by atoms with Crippen LogP contribution in [-0.4, -0.2) is 33.7 Å². The fourth-order valence-corrected chi connectivity index (χ4v) is 2.31. The van der Waals surface area contributed by atoms with Gasteiger partial charge in [0.2, 0.25) is 5.88 Å². The van der Waals surface area contributed by atoms with E-state index in [0.29, 0.717) is 11.6 Å². The minimum atomic E-state index is -0.750. The first kappa shape index (κ1) is 17.5. The van der Waals surface area contributed by atoms with Gasteiger partial charge in [0.05, 0.1) is 24.7 Å². The first-order chi connectivity index (χ1) is 11.5. The van der Waals surface area contributed by atoms with E-state index < -0.39 is 11.8 Å². The monoisotopic (exact) mass is 331 g/mol. The SMILES string of the molecule is CCn1nc(C)c(CNC(=O)C(=O)Nc2ccc(OC)nc2)c1C. The van der Waals surface area contributed by atoms with Gasteiger partial charge in [0.15, 0.2) is 0 Å². The lowest BCUT2D eigenvalue weighted by Gasteiger charge is -2.07. The molecule has 0 aromatic carbocycles. The molecule has 128 valence electrons. The van der Waals surface area contributed by atoms with E-state index in [1.54, 1.807) is 12.1 Å². The second kappa shape index (κ2) is 7.58. The highest BCUT2D eigenvalue weighted by Gasteiger charge is 2.16. The smallest absolute Gasteiger partial charge is 0.313 e. The Bertz CT molecular complexity index is 737. The van der Waals surface area contributed by atoms with Gasteiger partial charge in [-0.3, -0.25) is 14.3 Å². The fraction of sp³-hybridized carbons (Fsp3) is 0.375. The molecule has 0 atom stereocenters. The fourth-order valence-electron chi connectivity index (χ4n) is 2.31. The van der Waals surface area contributed by atoms with E-state index in [9.17, 15) is 9.59 Å². The maximum Gasteiger partial charge on any atom is 0.313 e. The van der Waals surface area contributed by atoms with Gasteiger partial charge in [0.25, 0.3) is 0 Å². The number of anilines is 1. The Morgan fingerprint density at radius 3 is 2.54 bits per heavy atom. The van der Waals surface area contributed by atoms with Crippen LogP contribution in [0.5, 0.6) is 5.88 Å². The molecule has 0 aliphatic heterocycles. The van der Waals surface area contributed by atoms with E-state index >= 15 is 0 Å². The van der Waals surface area contributed by atoms with Gasteiger partial charge in [0, 0.05) is 30.4 Å². The molecular formula is C16H21N5O3. The van der Waals surface area contributed by atoms with Crippen molar-refractivity contribution in [2.75, 3.05) is 12.4 Å². The van der Waals surface area contributed by atoms with Crippen molar-refractivity contribution in [3.63, 3.8) is 0 Å². The van der Waals surface area contributed by atoms with Crippen LogP contribution >= 0.6 is 0 Å². The molecule has 0 radical (unpaired) electrons. The van der Waals surface area contributed by atoms with Crippen molar-refractivity contribution in [2.24, 2.45) is 0 Å². The summed E-state index contributed by atoms with van der Waals surface area (Å²) in [5.41, 5.74) is 3.16. The molecule has 2 heterocycles. The maximum absolute atomic E-state index is 11.9. The van der Waals surface area contributed by atoms with Crippen LogP contribution in [0.1, 0.15) is 23.9 Å². The summed E-state index contributed by atoms with van der Waals surface area (Å²) < 4.78 is 6.79. The number of carbonyl (C=O) groups excluding carboxylic acids is 2. The van der Waals surface area contributed by atoms with Crippen molar-refractivity contribution in [3.8, 4) is 5.88 Å². The Balaban J connectivity index is 1.94. The third-order valence-electron chi connectivity index (χ3n) is 3.67. The zero-order chi connectivity index (χ0) is 17.7. The van der Waals surface area contributed by atoms with Gasteiger partial charge in [0.1, 0.15) is 0 Å². The molecule has 0 aliphatic rings. The number of hydrogen-bond donors (Lipinski definition) is 2. The number of pyridine rings is 1. The topological polar surface area (TPSA) is 98.1 Å². The van der Waals surface area contributed by atoms with Crippen molar-refractivity contribution >= 4 is 17.5 Å². The molecule has 0 saturated carbocycles. The second-order valence-electron chi connectivity index (χ2n) is 5.19. The van der Waals surface area contributed by atoms with E-state index in [-0.39, 0.29) is 6.54 Å². The molecule has 2 aromatic rings. The van der Waals surface area contributed by atoms with Gasteiger partial charge >= 0.3 is 11.8 Å². The number of rotatable bonds is 5. The number of aryl methyl sites for hydroxylation is 2. The highest BCUT2D eigenvalue weighted by atomic mass is 16.5. The van der Waals surface area contributed by atoms with Gasteiger partial charge in [-0.25, -0.2) is 4.98 Å². The standard InChI is InChI=1S/C16H21N5O3/c1-5-21-11(3)13(10(2)20-21)9-18-15(22)16(23)19-12-6-7-14(24-4)17-8-12/h6-8H,5,9H2,1-4H3,(H,18,22)(H,19,23). The van der Waals surface area contributed by atoms with Crippen molar-refractivity contribution in [2.45, 2.75) is 33.9 Å². The summed E-state index contributed by atoms with van der Waals surface area (Å²) in [7, 11) is 1.50. The first-order valence-electron chi connectivity index (χ1n) is 7.58. The third kappa shape index (κ3) is 3.89. The summed E-state index contributed by atoms with van der Waals surface area (Å²) in [5, 5.41) is 9.48. The Kier molecular flexibility index (Phi) is 5.51. The Hall–Kier alpha value is -2.90. The number of nitrogens with one attached hydrogen (secondary N) is 2. The molecule has 0 bridgehead atoms. The molecule has 2 N–H and O–H groups in total. The summed E-state index contributed by atoms with van der Waals surface area (Å²) >= 11 is 0. The summed E-state index contributed by atoms with van der Waals surface area (Å²) in [5.74, 6) is -1.04. The van der Waals surface area contributed by atoms with E-state index in [0.717, 1.165) is 23.5 Å². The number of carbonyl (C=O) groups is 2. The van der Waals surface area contributed by atoms with Crippen LogP contribution in [0.4, 0.5) is 5.69 Å². The van der Waals surface area contributed by atoms with Crippen LogP contribution in [0.3, 0.4) is 0 Å². The average Bonchev–Trinajstić information content (AvgIpc) is 2.86. The number of amides is 2. The Labute approximate surface area is 140 Å². The second-order valence-corrected chi connectivity index (χ2v) is 5.19. The van der Waals surface area contributed by atoms with Gasteiger partial charge < -0.3 is 15.4 Å². The van der Waals surface area contributed by atoms with Crippen LogP contribution in [0.15, 0.2) is 18.3 Å². The number of ether oxygens (including phenoxy) is 1. The largest absolute Gasteiger partial charge is 0.481 e. The van der Waals surface area contributed by atoms with E-state index in [2.05, 4.69) is 20.7 Å². The van der Waals surface area contributed by atoms with Gasteiger partial charge in [-0.15, -0.1) is 0 Å². The normalized spacial score (nSPS) is 10.3.